The van der Waals surface area contributed by atoms with Gasteiger partial charge in [-0.2, -0.15) is 0 Å². The number of nitrogens with zero attached hydrogens (tertiary/aromatic N) is 2. The van der Waals surface area contributed by atoms with Crippen LogP contribution in [0, 0.1) is 10.1 Å². The summed E-state index contributed by atoms with van der Waals surface area (Å²) in [6, 6.07) is 11.3. The molecule has 1 amide bonds. The van der Waals surface area contributed by atoms with Crippen LogP contribution in [0.25, 0.3) is 10.8 Å². The first-order valence-corrected chi connectivity index (χ1v) is 6.93. The molecule has 3 N–H and O–H groups in total. The number of fused-ring (bicyclic) bond motifs is 1. The number of nitro benzene ring substituents is 1. The van der Waals surface area contributed by atoms with E-state index in [1.165, 1.54) is 6.20 Å². The lowest BCUT2D eigenvalue weighted by Crippen LogP contribution is -2.06. The molecule has 0 saturated carbocycles. The first kappa shape index (κ1) is 15.2. The Labute approximate surface area is 135 Å². The third-order valence-electron chi connectivity index (χ3n) is 3.39. The van der Waals surface area contributed by atoms with Gasteiger partial charge in [0.25, 0.3) is 0 Å². The highest BCUT2D eigenvalue weighted by Gasteiger charge is 2.18. The summed E-state index contributed by atoms with van der Waals surface area (Å²) in [4.78, 5) is 25.6. The highest BCUT2D eigenvalue weighted by atomic mass is 16.6. The molecule has 0 bridgehead atoms. The Hall–Kier alpha value is -3.68. The van der Waals surface area contributed by atoms with Crippen LogP contribution in [0.4, 0.5) is 27.5 Å². The number of carboxylic acid groups (broad SMARTS) is 1. The fourth-order valence-electron chi connectivity index (χ4n) is 2.37. The van der Waals surface area contributed by atoms with Crippen LogP contribution in [0.2, 0.25) is 0 Å². The molecule has 0 aliphatic rings. The second-order valence-corrected chi connectivity index (χ2v) is 4.95. The first-order valence-electron chi connectivity index (χ1n) is 6.93. The number of nitro groups is 1. The molecule has 24 heavy (non-hydrogen) atoms. The zero-order valence-corrected chi connectivity index (χ0v) is 12.3. The molecule has 0 fully saturated rings. The van der Waals surface area contributed by atoms with Crippen molar-refractivity contribution >= 4 is 39.6 Å². The molecule has 2 aromatic carbocycles. The Morgan fingerprint density at radius 3 is 2.46 bits per heavy atom. The van der Waals surface area contributed by atoms with Crippen LogP contribution in [0.5, 0.6) is 0 Å². The van der Waals surface area contributed by atoms with Gasteiger partial charge in [-0.1, -0.05) is 6.07 Å². The Kier molecular flexibility index (Phi) is 3.94. The molecule has 120 valence electrons. The zero-order valence-electron chi connectivity index (χ0n) is 12.3. The number of nitrogens with one attached hydrogen (secondary N) is 2. The van der Waals surface area contributed by atoms with Crippen LogP contribution in [-0.2, 0) is 0 Å². The van der Waals surface area contributed by atoms with Gasteiger partial charge in [0.2, 0.25) is 0 Å². The fraction of sp³-hybridized carbons (Fsp3) is 0. The van der Waals surface area contributed by atoms with Gasteiger partial charge in [0.15, 0.2) is 0 Å². The zero-order chi connectivity index (χ0) is 17.1. The molecule has 1 heterocycles. The maximum atomic E-state index is 11.5. The summed E-state index contributed by atoms with van der Waals surface area (Å²) in [6.07, 6.45) is 1.92. The highest BCUT2D eigenvalue weighted by Crippen LogP contribution is 2.34. The van der Waals surface area contributed by atoms with Gasteiger partial charge in [0.05, 0.1) is 10.3 Å². The molecular weight excluding hydrogens is 312 g/mol. The third-order valence-corrected chi connectivity index (χ3v) is 3.39. The Bertz CT molecular complexity index is 925. The number of benzene rings is 2. The van der Waals surface area contributed by atoms with Gasteiger partial charge in [-0.15, -0.1) is 0 Å². The van der Waals surface area contributed by atoms with Crippen molar-refractivity contribution < 1.29 is 14.8 Å². The van der Waals surface area contributed by atoms with Crippen LogP contribution < -0.4 is 10.6 Å². The predicted octanol–water partition coefficient (Wildman–Crippen LogP) is 3.98. The Morgan fingerprint density at radius 1 is 1.08 bits per heavy atom. The SMILES string of the molecule is O=C(O)Nc1ccc(Nc2ccc3cnccc3c2[N+](=O)[O-])cc1. The van der Waals surface area contributed by atoms with Crippen LogP contribution in [0.1, 0.15) is 0 Å². The van der Waals surface area contributed by atoms with E-state index >= 15 is 0 Å². The lowest BCUT2D eigenvalue weighted by Gasteiger charge is -2.10. The van der Waals surface area contributed by atoms with Crippen LogP contribution in [-0.4, -0.2) is 21.1 Å². The van der Waals surface area contributed by atoms with Gasteiger partial charge >= 0.3 is 11.8 Å². The van der Waals surface area contributed by atoms with Crippen molar-refractivity contribution in [1.82, 2.24) is 4.98 Å². The molecular formula is C16H12N4O4. The molecule has 0 spiro atoms. The number of carbonyl (C=O) groups is 1. The minimum Gasteiger partial charge on any atom is -0.465 e. The molecule has 8 nitrogen and oxygen atoms in total. The van der Waals surface area contributed by atoms with Gasteiger partial charge in [-0.3, -0.25) is 20.4 Å². The summed E-state index contributed by atoms with van der Waals surface area (Å²) in [5.41, 5.74) is 1.31. The molecule has 8 heteroatoms. The van der Waals surface area contributed by atoms with Gasteiger partial charge in [0.1, 0.15) is 5.69 Å². The lowest BCUT2D eigenvalue weighted by molar-refractivity contribution is -0.382. The van der Waals surface area contributed by atoms with Crippen molar-refractivity contribution in [3.8, 4) is 0 Å². The number of rotatable bonds is 4. The van der Waals surface area contributed by atoms with E-state index < -0.39 is 11.0 Å². The Morgan fingerprint density at radius 2 is 1.79 bits per heavy atom. The topological polar surface area (TPSA) is 117 Å². The quantitative estimate of drug-likeness (QED) is 0.493. The van der Waals surface area contributed by atoms with Crippen LogP contribution in [0.15, 0.2) is 54.9 Å². The van der Waals surface area contributed by atoms with E-state index in [-0.39, 0.29) is 5.69 Å². The Balaban J connectivity index is 1.96. The first-order chi connectivity index (χ1) is 11.5. The van der Waals surface area contributed by atoms with Crippen LogP contribution in [0.3, 0.4) is 0 Å². The van der Waals surface area contributed by atoms with Crippen LogP contribution >= 0.6 is 0 Å². The number of hydrogen-bond donors (Lipinski definition) is 3. The number of hydrogen-bond acceptors (Lipinski definition) is 5. The van der Waals surface area contributed by atoms with Crippen molar-refractivity contribution in [2.24, 2.45) is 0 Å². The number of anilines is 3. The smallest absolute Gasteiger partial charge is 0.409 e. The minimum absolute atomic E-state index is 0.0392. The fourth-order valence-corrected chi connectivity index (χ4v) is 2.37. The molecule has 0 unspecified atom stereocenters. The molecule has 0 saturated heterocycles. The van der Waals surface area contributed by atoms with Crippen molar-refractivity contribution in [3.05, 3.63) is 65.0 Å². The summed E-state index contributed by atoms with van der Waals surface area (Å²) in [6.45, 7) is 0. The van der Waals surface area contributed by atoms with E-state index in [1.807, 2.05) is 0 Å². The molecule has 0 atom stereocenters. The predicted molar refractivity (Wildman–Crippen MR) is 89.8 cm³/mol. The number of amides is 1. The molecule has 0 aliphatic carbocycles. The van der Waals surface area contributed by atoms with Crippen molar-refractivity contribution in [2.45, 2.75) is 0 Å². The monoisotopic (exact) mass is 324 g/mol. The van der Waals surface area contributed by atoms with E-state index in [2.05, 4.69) is 15.6 Å². The average molecular weight is 324 g/mol. The summed E-state index contributed by atoms with van der Waals surface area (Å²) in [5, 5.41) is 26.5. The molecule has 1 aromatic heterocycles. The maximum absolute atomic E-state index is 11.5. The van der Waals surface area contributed by atoms with Gasteiger partial charge in [0, 0.05) is 29.2 Å². The molecule has 0 aliphatic heterocycles. The van der Waals surface area contributed by atoms with Gasteiger partial charge < -0.3 is 10.4 Å². The van der Waals surface area contributed by atoms with Crippen molar-refractivity contribution in [1.29, 1.82) is 0 Å². The molecule has 3 aromatic rings. The molecule has 0 radical (unpaired) electrons. The van der Waals surface area contributed by atoms with Crippen molar-refractivity contribution in [2.75, 3.05) is 10.6 Å². The van der Waals surface area contributed by atoms with E-state index in [1.54, 1.807) is 48.7 Å². The third kappa shape index (κ3) is 3.07. The molecule has 3 rings (SSSR count). The highest BCUT2D eigenvalue weighted by molar-refractivity contribution is 5.97. The summed E-state index contributed by atoms with van der Waals surface area (Å²) in [5.74, 6) is 0. The average Bonchev–Trinajstić information content (AvgIpc) is 2.55. The lowest BCUT2D eigenvalue weighted by atomic mass is 10.1. The van der Waals surface area contributed by atoms with E-state index in [0.29, 0.717) is 27.8 Å². The van der Waals surface area contributed by atoms with Gasteiger partial charge in [-0.25, -0.2) is 4.79 Å². The largest absolute Gasteiger partial charge is 0.465 e. The van der Waals surface area contributed by atoms with Gasteiger partial charge in [-0.05, 0) is 36.4 Å². The second-order valence-electron chi connectivity index (χ2n) is 4.95. The minimum atomic E-state index is -1.16. The van der Waals surface area contributed by atoms with E-state index in [9.17, 15) is 14.9 Å². The summed E-state index contributed by atoms with van der Waals surface area (Å²) < 4.78 is 0. The van der Waals surface area contributed by atoms with Crippen molar-refractivity contribution in [3.63, 3.8) is 0 Å². The second kappa shape index (κ2) is 6.21. The summed E-state index contributed by atoms with van der Waals surface area (Å²) >= 11 is 0. The van der Waals surface area contributed by atoms with E-state index in [0.717, 1.165) is 0 Å². The normalized spacial score (nSPS) is 10.3. The summed E-state index contributed by atoms with van der Waals surface area (Å²) in [7, 11) is 0. The standard InChI is InChI=1S/C16H12N4O4/c21-16(22)19-12-4-2-11(3-5-12)18-14-6-1-10-9-17-8-7-13(10)15(14)20(23)24/h1-9,18-19H,(H,21,22). The van der Waals surface area contributed by atoms with E-state index in [4.69, 9.17) is 5.11 Å². The number of pyridine rings is 1. The maximum Gasteiger partial charge on any atom is 0.409 e. The number of aromatic nitrogens is 1.